The predicted octanol–water partition coefficient (Wildman–Crippen LogP) is 6.03. The average Bonchev–Trinajstić information content (AvgIpc) is 2.53. The Morgan fingerprint density at radius 3 is 1.59 bits per heavy atom. The number of carbonyl (C=O) groups excluding carboxylic acids is 1. The molecule has 0 aliphatic carbocycles. The van der Waals surface area contributed by atoms with Crippen LogP contribution < -0.4 is 0 Å². The molecule has 2 heteroatoms. The normalized spacial score (nSPS) is 10.4. The highest BCUT2D eigenvalue weighted by molar-refractivity contribution is 5.69. The van der Waals surface area contributed by atoms with Gasteiger partial charge in [-0.1, -0.05) is 96.3 Å². The first-order valence-corrected chi connectivity index (χ1v) is 9.40. The lowest BCUT2D eigenvalue weighted by Gasteiger charge is -2.03. The molecule has 0 unspecified atom stereocenters. The van der Waals surface area contributed by atoms with Gasteiger partial charge < -0.3 is 4.74 Å². The van der Waals surface area contributed by atoms with Crippen LogP contribution in [0.2, 0.25) is 0 Å². The third-order valence-corrected chi connectivity index (χ3v) is 4.05. The van der Waals surface area contributed by atoms with Gasteiger partial charge in [-0.05, 0) is 6.42 Å². The van der Waals surface area contributed by atoms with E-state index in [1.807, 2.05) is 0 Å². The van der Waals surface area contributed by atoms with Crippen molar-refractivity contribution in [3.8, 4) is 12.3 Å². The fraction of sp³-hybridized carbons (Fsp3) is 0.850. The van der Waals surface area contributed by atoms with Crippen molar-refractivity contribution in [3.05, 3.63) is 0 Å². The number of unbranched alkanes of at least 4 members (excludes halogenated alkanes) is 13. The van der Waals surface area contributed by atoms with Gasteiger partial charge in [0.15, 0.2) is 6.61 Å². The van der Waals surface area contributed by atoms with Crippen molar-refractivity contribution in [2.75, 3.05) is 6.61 Å². The van der Waals surface area contributed by atoms with Gasteiger partial charge in [-0.2, -0.15) is 0 Å². The summed E-state index contributed by atoms with van der Waals surface area (Å²) in [5.74, 6) is 2.15. The Hall–Kier alpha value is -0.970. The molecular weight excluding hydrogens is 272 g/mol. The molecule has 22 heavy (non-hydrogen) atoms. The van der Waals surface area contributed by atoms with E-state index < -0.39 is 0 Å². The molecule has 0 aliphatic rings. The fourth-order valence-corrected chi connectivity index (χ4v) is 2.66. The second-order valence-corrected chi connectivity index (χ2v) is 6.21. The van der Waals surface area contributed by atoms with Crippen molar-refractivity contribution < 1.29 is 9.53 Å². The van der Waals surface area contributed by atoms with Gasteiger partial charge in [0.2, 0.25) is 0 Å². The number of ether oxygens (including phenoxy) is 1. The molecule has 2 nitrogen and oxygen atoms in total. The minimum atomic E-state index is -0.156. The summed E-state index contributed by atoms with van der Waals surface area (Å²) in [4.78, 5) is 11.2. The van der Waals surface area contributed by atoms with Gasteiger partial charge in [-0.15, -0.1) is 6.42 Å². The maximum Gasteiger partial charge on any atom is 0.306 e. The average molecular weight is 309 g/mol. The molecular formula is C20H36O2. The Labute approximate surface area is 138 Å². The van der Waals surface area contributed by atoms with E-state index in [9.17, 15) is 4.79 Å². The highest BCUT2D eigenvalue weighted by Gasteiger charge is 2.01. The first-order valence-electron chi connectivity index (χ1n) is 9.40. The summed E-state index contributed by atoms with van der Waals surface area (Å²) >= 11 is 0. The van der Waals surface area contributed by atoms with E-state index >= 15 is 0 Å². The molecule has 0 atom stereocenters. The summed E-state index contributed by atoms with van der Waals surface area (Å²) in [7, 11) is 0. The topological polar surface area (TPSA) is 26.3 Å². The molecule has 0 heterocycles. The van der Waals surface area contributed by atoms with E-state index in [1.165, 1.54) is 77.0 Å². The number of hydrogen-bond donors (Lipinski definition) is 0. The maximum absolute atomic E-state index is 11.2. The molecule has 0 aromatic heterocycles. The zero-order valence-corrected chi connectivity index (χ0v) is 14.7. The van der Waals surface area contributed by atoms with Crippen LogP contribution in [0.25, 0.3) is 0 Å². The smallest absolute Gasteiger partial charge is 0.306 e. The Morgan fingerprint density at radius 1 is 0.773 bits per heavy atom. The predicted molar refractivity (Wildman–Crippen MR) is 94.7 cm³/mol. The third kappa shape index (κ3) is 17.1. The largest absolute Gasteiger partial charge is 0.452 e. The van der Waals surface area contributed by atoms with Crippen molar-refractivity contribution in [1.29, 1.82) is 0 Å². The molecule has 0 spiro atoms. The van der Waals surface area contributed by atoms with E-state index in [2.05, 4.69) is 12.8 Å². The van der Waals surface area contributed by atoms with E-state index in [1.54, 1.807) is 0 Å². The van der Waals surface area contributed by atoms with Crippen molar-refractivity contribution in [2.24, 2.45) is 0 Å². The fourth-order valence-electron chi connectivity index (χ4n) is 2.66. The molecule has 0 N–H and O–H groups in total. The summed E-state index contributed by atoms with van der Waals surface area (Å²) < 4.78 is 4.83. The van der Waals surface area contributed by atoms with E-state index in [4.69, 9.17) is 11.2 Å². The Morgan fingerprint density at radius 2 is 1.18 bits per heavy atom. The van der Waals surface area contributed by atoms with E-state index in [-0.39, 0.29) is 12.6 Å². The highest BCUT2D eigenvalue weighted by atomic mass is 16.5. The minimum absolute atomic E-state index is 0.109. The molecule has 0 fully saturated rings. The van der Waals surface area contributed by atoms with Crippen molar-refractivity contribution in [2.45, 2.75) is 103 Å². The second kappa shape index (κ2) is 18.1. The van der Waals surface area contributed by atoms with Gasteiger partial charge in [0.1, 0.15) is 0 Å². The lowest BCUT2D eigenvalue weighted by molar-refractivity contribution is -0.142. The minimum Gasteiger partial charge on any atom is -0.452 e. The quantitative estimate of drug-likeness (QED) is 0.197. The van der Waals surface area contributed by atoms with Gasteiger partial charge in [0.05, 0.1) is 0 Å². The molecule has 0 saturated heterocycles. The number of carbonyl (C=O) groups is 1. The van der Waals surface area contributed by atoms with Crippen molar-refractivity contribution >= 4 is 5.97 Å². The molecule has 0 rings (SSSR count). The highest BCUT2D eigenvalue weighted by Crippen LogP contribution is 2.13. The monoisotopic (exact) mass is 308 g/mol. The molecule has 0 aliphatic heterocycles. The van der Waals surface area contributed by atoms with Gasteiger partial charge in [-0.25, -0.2) is 0 Å². The van der Waals surface area contributed by atoms with Crippen LogP contribution in [0, 0.1) is 12.3 Å². The van der Waals surface area contributed by atoms with Crippen LogP contribution in [0.1, 0.15) is 103 Å². The van der Waals surface area contributed by atoms with Crippen LogP contribution >= 0.6 is 0 Å². The number of terminal acetylenes is 1. The molecule has 0 aromatic carbocycles. The van der Waals surface area contributed by atoms with Crippen LogP contribution in [-0.2, 0) is 9.53 Å². The Kier molecular flexibility index (Phi) is 17.3. The van der Waals surface area contributed by atoms with Crippen LogP contribution in [0.5, 0.6) is 0 Å². The third-order valence-electron chi connectivity index (χ3n) is 4.05. The Bertz CT molecular complexity index is 278. The van der Waals surface area contributed by atoms with Crippen LogP contribution in [-0.4, -0.2) is 12.6 Å². The standard InChI is InChI=1S/C20H36O2/c1-3-5-6-7-8-9-10-11-12-13-14-15-16-17-18-20(21)22-19-4-2/h2H,3,5-19H2,1H3. The van der Waals surface area contributed by atoms with Crippen LogP contribution in [0.4, 0.5) is 0 Å². The molecule has 0 aromatic rings. The number of hydrogen-bond acceptors (Lipinski definition) is 2. The maximum atomic E-state index is 11.2. The van der Waals surface area contributed by atoms with Gasteiger partial charge in [0, 0.05) is 6.42 Å². The first-order chi connectivity index (χ1) is 10.8. The summed E-state index contributed by atoms with van der Waals surface area (Å²) in [6.45, 7) is 2.38. The summed E-state index contributed by atoms with van der Waals surface area (Å²) in [6.07, 6.45) is 24.1. The zero-order valence-electron chi connectivity index (χ0n) is 14.7. The lowest BCUT2D eigenvalue weighted by atomic mass is 10.0. The number of esters is 1. The van der Waals surface area contributed by atoms with Crippen LogP contribution in [0.3, 0.4) is 0 Å². The molecule has 0 bridgehead atoms. The first kappa shape index (κ1) is 21.0. The lowest BCUT2D eigenvalue weighted by Crippen LogP contribution is -2.03. The van der Waals surface area contributed by atoms with Crippen molar-refractivity contribution in [3.63, 3.8) is 0 Å². The van der Waals surface area contributed by atoms with E-state index in [0.29, 0.717) is 6.42 Å². The molecule has 0 radical (unpaired) electrons. The van der Waals surface area contributed by atoms with Gasteiger partial charge >= 0.3 is 5.97 Å². The Balaban J connectivity index is 3.05. The molecule has 0 saturated carbocycles. The summed E-state index contributed by atoms with van der Waals surface area (Å²) in [6, 6.07) is 0. The number of rotatable bonds is 16. The van der Waals surface area contributed by atoms with E-state index in [0.717, 1.165) is 12.8 Å². The molecule has 0 amide bonds. The van der Waals surface area contributed by atoms with Gasteiger partial charge in [0.25, 0.3) is 0 Å². The van der Waals surface area contributed by atoms with Crippen molar-refractivity contribution in [1.82, 2.24) is 0 Å². The summed E-state index contributed by atoms with van der Waals surface area (Å²) in [5.41, 5.74) is 0. The molecule has 128 valence electrons. The summed E-state index contributed by atoms with van der Waals surface area (Å²) in [5, 5.41) is 0. The van der Waals surface area contributed by atoms with Gasteiger partial charge in [-0.3, -0.25) is 4.79 Å². The zero-order chi connectivity index (χ0) is 16.3. The SMILES string of the molecule is C#CCOC(=O)CCCCCCCCCCCCCCCC. The second-order valence-electron chi connectivity index (χ2n) is 6.21. The van der Waals surface area contributed by atoms with Crippen LogP contribution in [0.15, 0.2) is 0 Å².